The van der Waals surface area contributed by atoms with Gasteiger partial charge < -0.3 is 0 Å². The normalized spacial score (nSPS) is 10.8. The molecule has 0 bridgehead atoms. The van der Waals surface area contributed by atoms with E-state index in [2.05, 4.69) is 48.3 Å². The van der Waals surface area contributed by atoms with Gasteiger partial charge in [-0.25, -0.2) is 0 Å². The lowest BCUT2D eigenvalue weighted by Crippen LogP contribution is -1.87. The molecular formula is C12H14N2. The summed E-state index contributed by atoms with van der Waals surface area (Å²) in [5, 5.41) is 6.92. The Morgan fingerprint density at radius 1 is 1.21 bits per heavy atom. The van der Waals surface area contributed by atoms with Crippen molar-refractivity contribution >= 4 is 0 Å². The van der Waals surface area contributed by atoms with Gasteiger partial charge in [0.1, 0.15) is 0 Å². The highest BCUT2D eigenvalue weighted by Gasteiger charge is 2.02. The number of nitrogens with one attached hydrogen (secondary N) is 1. The fourth-order valence-corrected chi connectivity index (χ4v) is 1.48. The number of hydrogen-bond donors (Lipinski definition) is 1. The first-order chi connectivity index (χ1) is 6.77. The van der Waals surface area contributed by atoms with Crippen LogP contribution in [0.4, 0.5) is 0 Å². The van der Waals surface area contributed by atoms with E-state index in [9.17, 15) is 0 Å². The number of benzene rings is 1. The second-order valence-electron chi connectivity index (χ2n) is 3.75. The molecule has 2 aromatic rings. The average Bonchev–Trinajstić information content (AvgIpc) is 2.71. The van der Waals surface area contributed by atoms with Crippen molar-refractivity contribution in [3.63, 3.8) is 0 Å². The number of aromatic amines is 1. The molecule has 2 nitrogen and oxygen atoms in total. The van der Waals surface area contributed by atoms with Crippen molar-refractivity contribution < 1.29 is 0 Å². The molecule has 0 aliphatic carbocycles. The van der Waals surface area contributed by atoms with E-state index in [1.54, 1.807) is 6.20 Å². The van der Waals surface area contributed by atoms with Crippen LogP contribution >= 0.6 is 0 Å². The number of H-pyrrole nitrogens is 1. The zero-order valence-electron chi connectivity index (χ0n) is 8.49. The van der Waals surface area contributed by atoms with Crippen molar-refractivity contribution in [2.45, 2.75) is 19.8 Å². The van der Waals surface area contributed by atoms with E-state index < -0.39 is 0 Å². The van der Waals surface area contributed by atoms with Gasteiger partial charge in [-0.05, 0) is 29.2 Å². The van der Waals surface area contributed by atoms with Crippen LogP contribution in [-0.2, 0) is 0 Å². The summed E-state index contributed by atoms with van der Waals surface area (Å²) in [6.45, 7) is 4.40. The van der Waals surface area contributed by atoms with Gasteiger partial charge in [-0.2, -0.15) is 5.10 Å². The van der Waals surface area contributed by atoms with Crippen LogP contribution in [0.15, 0.2) is 36.5 Å². The standard InChI is InChI=1S/C12H14N2/c1-9(2)10-4-3-5-11(8-10)12-6-7-13-14-12/h3-9H,1-2H3,(H,13,14). The van der Waals surface area contributed by atoms with Crippen molar-refractivity contribution in [3.05, 3.63) is 42.1 Å². The summed E-state index contributed by atoms with van der Waals surface area (Å²) in [6, 6.07) is 10.5. The molecule has 0 radical (unpaired) electrons. The first-order valence-corrected chi connectivity index (χ1v) is 4.87. The Balaban J connectivity index is 2.41. The predicted molar refractivity (Wildman–Crippen MR) is 58.1 cm³/mol. The third-order valence-corrected chi connectivity index (χ3v) is 2.37. The third kappa shape index (κ3) is 1.69. The molecule has 0 spiro atoms. The second kappa shape index (κ2) is 3.66. The van der Waals surface area contributed by atoms with Gasteiger partial charge in [0.2, 0.25) is 0 Å². The average molecular weight is 186 g/mol. The molecule has 2 rings (SSSR count). The van der Waals surface area contributed by atoms with Gasteiger partial charge in [-0.3, -0.25) is 5.10 Å². The van der Waals surface area contributed by atoms with Crippen LogP contribution in [0.25, 0.3) is 11.3 Å². The number of rotatable bonds is 2. The third-order valence-electron chi connectivity index (χ3n) is 2.37. The molecule has 0 atom stereocenters. The molecule has 2 heteroatoms. The molecule has 14 heavy (non-hydrogen) atoms. The van der Waals surface area contributed by atoms with E-state index in [-0.39, 0.29) is 0 Å². The van der Waals surface area contributed by atoms with Gasteiger partial charge in [-0.1, -0.05) is 32.0 Å². The minimum Gasteiger partial charge on any atom is -0.278 e. The fraction of sp³-hybridized carbons (Fsp3) is 0.250. The van der Waals surface area contributed by atoms with Crippen LogP contribution in [0.2, 0.25) is 0 Å². The van der Waals surface area contributed by atoms with Crippen molar-refractivity contribution in [2.75, 3.05) is 0 Å². The van der Waals surface area contributed by atoms with E-state index in [1.165, 1.54) is 11.1 Å². The molecule has 0 saturated heterocycles. The van der Waals surface area contributed by atoms with Gasteiger partial charge in [0.05, 0.1) is 5.69 Å². The van der Waals surface area contributed by atoms with Crippen LogP contribution in [0.1, 0.15) is 25.3 Å². The van der Waals surface area contributed by atoms with Crippen LogP contribution in [0.3, 0.4) is 0 Å². The van der Waals surface area contributed by atoms with E-state index in [0.29, 0.717) is 5.92 Å². The van der Waals surface area contributed by atoms with Crippen molar-refractivity contribution in [1.82, 2.24) is 10.2 Å². The Kier molecular flexibility index (Phi) is 2.35. The summed E-state index contributed by atoms with van der Waals surface area (Å²) in [7, 11) is 0. The summed E-state index contributed by atoms with van der Waals surface area (Å²) < 4.78 is 0. The molecule has 72 valence electrons. The second-order valence-corrected chi connectivity index (χ2v) is 3.75. The topological polar surface area (TPSA) is 28.7 Å². The highest BCUT2D eigenvalue weighted by molar-refractivity contribution is 5.59. The summed E-state index contributed by atoms with van der Waals surface area (Å²) in [4.78, 5) is 0. The SMILES string of the molecule is CC(C)c1cccc(-c2ccn[nH]2)c1. The quantitative estimate of drug-likeness (QED) is 0.766. The molecule has 0 aliphatic heterocycles. The molecule has 1 aromatic carbocycles. The lowest BCUT2D eigenvalue weighted by atomic mass is 10.00. The zero-order chi connectivity index (χ0) is 9.97. The number of nitrogens with zero attached hydrogens (tertiary/aromatic N) is 1. The largest absolute Gasteiger partial charge is 0.278 e. The van der Waals surface area contributed by atoms with E-state index in [4.69, 9.17) is 0 Å². The van der Waals surface area contributed by atoms with Crippen molar-refractivity contribution in [3.8, 4) is 11.3 Å². The molecule has 0 fully saturated rings. The minimum atomic E-state index is 0.567. The summed E-state index contributed by atoms with van der Waals surface area (Å²) in [6.07, 6.45) is 1.78. The maximum atomic E-state index is 3.95. The maximum Gasteiger partial charge on any atom is 0.0650 e. The van der Waals surface area contributed by atoms with Gasteiger partial charge >= 0.3 is 0 Å². The Labute approximate surface area is 84.0 Å². The molecule has 0 saturated carbocycles. The van der Waals surface area contributed by atoms with Crippen LogP contribution in [0, 0.1) is 0 Å². The Morgan fingerprint density at radius 2 is 2.07 bits per heavy atom. The predicted octanol–water partition coefficient (Wildman–Crippen LogP) is 3.20. The molecule has 1 heterocycles. The zero-order valence-corrected chi connectivity index (χ0v) is 8.49. The minimum absolute atomic E-state index is 0.567. The molecule has 0 amide bonds. The first kappa shape index (κ1) is 9.00. The Bertz CT molecular complexity index is 402. The fourth-order valence-electron chi connectivity index (χ4n) is 1.48. The molecule has 0 unspecified atom stereocenters. The van der Waals surface area contributed by atoms with Gasteiger partial charge in [-0.15, -0.1) is 0 Å². The first-order valence-electron chi connectivity index (χ1n) is 4.87. The monoisotopic (exact) mass is 186 g/mol. The Hall–Kier alpha value is -1.57. The van der Waals surface area contributed by atoms with E-state index >= 15 is 0 Å². The lowest BCUT2D eigenvalue weighted by Gasteiger charge is -2.06. The number of aromatic nitrogens is 2. The van der Waals surface area contributed by atoms with Crippen LogP contribution in [-0.4, -0.2) is 10.2 Å². The molecule has 0 aliphatic rings. The van der Waals surface area contributed by atoms with Crippen molar-refractivity contribution in [1.29, 1.82) is 0 Å². The summed E-state index contributed by atoms with van der Waals surface area (Å²) in [5.41, 5.74) is 3.64. The number of hydrogen-bond acceptors (Lipinski definition) is 1. The molecule has 1 N–H and O–H groups in total. The van der Waals surface area contributed by atoms with Crippen LogP contribution in [0.5, 0.6) is 0 Å². The van der Waals surface area contributed by atoms with Gasteiger partial charge in [0, 0.05) is 6.20 Å². The maximum absolute atomic E-state index is 3.95. The Morgan fingerprint density at radius 3 is 2.71 bits per heavy atom. The van der Waals surface area contributed by atoms with Crippen LogP contribution < -0.4 is 0 Å². The lowest BCUT2D eigenvalue weighted by molar-refractivity contribution is 0.867. The molecule has 1 aromatic heterocycles. The van der Waals surface area contributed by atoms with E-state index in [0.717, 1.165) is 5.69 Å². The summed E-state index contributed by atoms with van der Waals surface area (Å²) in [5.74, 6) is 0.567. The van der Waals surface area contributed by atoms with Gasteiger partial charge in [0.25, 0.3) is 0 Å². The molecular weight excluding hydrogens is 172 g/mol. The van der Waals surface area contributed by atoms with Crippen molar-refractivity contribution in [2.24, 2.45) is 0 Å². The summed E-state index contributed by atoms with van der Waals surface area (Å²) >= 11 is 0. The highest BCUT2D eigenvalue weighted by atomic mass is 15.1. The smallest absolute Gasteiger partial charge is 0.0650 e. The van der Waals surface area contributed by atoms with E-state index in [1.807, 2.05) is 6.07 Å². The highest BCUT2D eigenvalue weighted by Crippen LogP contribution is 2.21. The van der Waals surface area contributed by atoms with Gasteiger partial charge in [0.15, 0.2) is 0 Å².